The molecule has 0 aliphatic heterocycles. The fourth-order valence-electron chi connectivity index (χ4n) is 4.45. The van der Waals surface area contributed by atoms with Crippen LogP contribution in [0, 0.1) is 6.92 Å². The van der Waals surface area contributed by atoms with Gasteiger partial charge in [-0.05, 0) is 73.9 Å². The highest BCUT2D eigenvalue weighted by Gasteiger charge is 2.51. The maximum Gasteiger partial charge on any atom is 0.268 e. The number of hydrogen-bond acceptors (Lipinski definition) is 4. The fourth-order valence-corrected chi connectivity index (χ4v) is 4.83. The molecule has 1 saturated carbocycles. The molecule has 3 aromatic carbocycles. The minimum atomic E-state index is -0.262. The molecule has 2 aromatic heterocycles. The molecule has 1 aliphatic rings. The van der Waals surface area contributed by atoms with Gasteiger partial charge in [0.1, 0.15) is 0 Å². The first-order valence-corrected chi connectivity index (χ1v) is 12.3. The lowest BCUT2D eigenvalue weighted by Gasteiger charge is -2.10. The molecular weight excluding hydrogens is 503 g/mol. The van der Waals surface area contributed by atoms with E-state index in [4.69, 9.17) is 44.3 Å². The van der Waals surface area contributed by atoms with Crippen LogP contribution >= 0.6 is 34.8 Å². The van der Waals surface area contributed by atoms with E-state index in [0.717, 1.165) is 40.9 Å². The zero-order valence-electron chi connectivity index (χ0n) is 18.7. The molecule has 35 heavy (non-hydrogen) atoms. The van der Waals surface area contributed by atoms with E-state index in [0.29, 0.717) is 32.5 Å². The minimum Gasteiger partial charge on any atom is -0.418 e. The Morgan fingerprint density at radius 3 is 1.94 bits per heavy atom. The van der Waals surface area contributed by atoms with Gasteiger partial charge in [-0.2, -0.15) is 5.10 Å². The van der Waals surface area contributed by atoms with Gasteiger partial charge in [0.2, 0.25) is 5.89 Å². The Hall–Kier alpha value is -3.12. The lowest BCUT2D eigenvalue weighted by Crippen LogP contribution is -2.08. The molecule has 1 aliphatic carbocycles. The summed E-state index contributed by atoms with van der Waals surface area (Å²) in [6, 6.07) is 23.1. The van der Waals surface area contributed by atoms with Crippen LogP contribution in [-0.4, -0.2) is 20.0 Å². The maximum atomic E-state index is 6.27. The molecule has 0 spiro atoms. The Morgan fingerprint density at radius 2 is 1.34 bits per heavy atom. The highest BCUT2D eigenvalue weighted by molar-refractivity contribution is 6.31. The Kier molecular flexibility index (Phi) is 5.44. The van der Waals surface area contributed by atoms with Gasteiger partial charge >= 0.3 is 0 Å². The Bertz CT molecular complexity index is 1520. The van der Waals surface area contributed by atoms with Crippen molar-refractivity contribution in [1.82, 2.24) is 20.0 Å². The summed E-state index contributed by atoms with van der Waals surface area (Å²) in [6.45, 7) is 2.01. The van der Waals surface area contributed by atoms with Crippen molar-refractivity contribution in [2.45, 2.75) is 25.2 Å². The maximum absolute atomic E-state index is 6.27. The van der Waals surface area contributed by atoms with E-state index < -0.39 is 0 Å². The van der Waals surface area contributed by atoms with Gasteiger partial charge < -0.3 is 4.42 Å². The van der Waals surface area contributed by atoms with E-state index in [1.807, 2.05) is 84.4 Å². The van der Waals surface area contributed by atoms with Crippen LogP contribution in [-0.2, 0) is 5.41 Å². The van der Waals surface area contributed by atoms with Gasteiger partial charge in [-0.3, -0.25) is 0 Å². The summed E-state index contributed by atoms with van der Waals surface area (Å²) < 4.78 is 8.14. The fraction of sp³-hybridized carbons (Fsp3) is 0.148. The first kappa shape index (κ1) is 22.4. The van der Waals surface area contributed by atoms with Gasteiger partial charge in [-0.25, -0.2) is 4.68 Å². The SMILES string of the molecule is Cc1c(-c2nnc(C3(c4ccc(Cl)cc4)CC3)o2)nn(-c2ccc(Cl)cc2)c1-c1ccc(Cl)cc1. The molecule has 0 N–H and O–H groups in total. The zero-order valence-corrected chi connectivity index (χ0v) is 20.9. The molecule has 0 unspecified atom stereocenters. The molecule has 0 atom stereocenters. The van der Waals surface area contributed by atoms with Crippen molar-refractivity contribution in [2.24, 2.45) is 0 Å². The average Bonchev–Trinajstić information content (AvgIpc) is 3.39. The van der Waals surface area contributed by atoms with Crippen molar-refractivity contribution in [2.75, 3.05) is 0 Å². The predicted octanol–water partition coefficient (Wildman–Crippen LogP) is 7.94. The van der Waals surface area contributed by atoms with Gasteiger partial charge in [0.05, 0.1) is 16.8 Å². The highest BCUT2D eigenvalue weighted by atomic mass is 35.5. The Morgan fingerprint density at radius 1 is 0.771 bits per heavy atom. The molecule has 0 saturated heterocycles. The van der Waals surface area contributed by atoms with Crippen LogP contribution in [0.15, 0.2) is 77.2 Å². The average molecular weight is 522 g/mol. The summed E-state index contributed by atoms with van der Waals surface area (Å²) >= 11 is 18.4. The third-order valence-electron chi connectivity index (χ3n) is 6.49. The van der Waals surface area contributed by atoms with Crippen LogP contribution in [0.1, 0.15) is 29.9 Å². The Labute approximate surface area is 217 Å². The predicted molar refractivity (Wildman–Crippen MR) is 139 cm³/mol. The van der Waals surface area contributed by atoms with E-state index in [-0.39, 0.29) is 5.41 Å². The molecule has 2 heterocycles. The molecular formula is C27H19Cl3N4O. The summed E-state index contributed by atoms with van der Waals surface area (Å²) in [7, 11) is 0. The number of rotatable bonds is 5. The topological polar surface area (TPSA) is 56.7 Å². The van der Waals surface area contributed by atoms with Gasteiger partial charge in [0, 0.05) is 26.2 Å². The first-order valence-electron chi connectivity index (χ1n) is 11.2. The van der Waals surface area contributed by atoms with Crippen LogP contribution in [0.4, 0.5) is 0 Å². The largest absolute Gasteiger partial charge is 0.418 e. The smallest absolute Gasteiger partial charge is 0.268 e. The van der Waals surface area contributed by atoms with Gasteiger partial charge in [0.15, 0.2) is 5.69 Å². The van der Waals surface area contributed by atoms with Crippen molar-refractivity contribution in [3.63, 3.8) is 0 Å². The van der Waals surface area contributed by atoms with Crippen molar-refractivity contribution >= 4 is 34.8 Å². The van der Waals surface area contributed by atoms with Crippen LogP contribution in [0.2, 0.25) is 15.1 Å². The van der Waals surface area contributed by atoms with E-state index in [2.05, 4.69) is 10.2 Å². The molecule has 174 valence electrons. The number of halogens is 3. The van der Waals surface area contributed by atoms with Crippen LogP contribution in [0.25, 0.3) is 28.5 Å². The van der Waals surface area contributed by atoms with Crippen molar-refractivity contribution in [3.8, 4) is 28.5 Å². The number of hydrogen-bond donors (Lipinski definition) is 0. The summed E-state index contributed by atoms with van der Waals surface area (Å²) in [5.41, 5.74) is 5.18. The van der Waals surface area contributed by atoms with Crippen LogP contribution in [0.3, 0.4) is 0 Å². The van der Waals surface area contributed by atoms with Crippen LogP contribution in [0.5, 0.6) is 0 Å². The van der Waals surface area contributed by atoms with Gasteiger partial charge in [-0.1, -0.05) is 59.1 Å². The second-order valence-corrected chi connectivity index (χ2v) is 10.0. The second-order valence-electron chi connectivity index (χ2n) is 8.72. The van der Waals surface area contributed by atoms with E-state index in [9.17, 15) is 0 Å². The van der Waals surface area contributed by atoms with Crippen molar-refractivity contribution in [1.29, 1.82) is 0 Å². The van der Waals surface area contributed by atoms with E-state index in [1.165, 1.54) is 0 Å². The molecule has 8 heteroatoms. The van der Waals surface area contributed by atoms with Crippen LogP contribution < -0.4 is 0 Å². The van der Waals surface area contributed by atoms with Crippen molar-refractivity contribution < 1.29 is 4.42 Å². The van der Waals surface area contributed by atoms with E-state index >= 15 is 0 Å². The molecule has 0 bridgehead atoms. The standard InChI is InChI=1S/C27H19Cl3N4O/c1-16-23(25-31-32-26(35-25)27(14-15-27)18-4-8-20(29)9-5-18)33-34(22-12-10-21(30)11-13-22)24(16)17-2-6-19(28)7-3-17/h2-13H,14-15H2,1H3. The zero-order chi connectivity index (χ0) is 24.2. The minimum absolute atomic E-state index is 0.262. The van der Waals surface area contributed by atoms with Crippen molar-refractivity contribution in [3.05, 3.63) is 105 Å². The first-order chi connectivity index (χ1) is 16.9. The monoisotopic (exact) mass is 520 g/mol. The Balaban J connectivity index is 1.46. The number of aromatic nitrogens is 4. The number of nitrogens with zero attached hydrogens (tertiary/aromatic N) is 4. The summed E-state index contributed by atoms with van der Waals surface area (Å²) in [5.74, 6) is 0.990. The molecule has 5 aromatic rings. The summed E-state index contributed by atoms with van der Waals surface area (Å²) in [4.78, 5) is 0. The molecule has 6 rings (SSSR count). The third-order valence-corrected chi connectivity index (χ3v) is 7.25. The third kappa shape index (κ3) is 3.94. The number of benzene rings is 3. The van der Waals surface area contributed by atoms with E-state index in [1.54, 1.807) is 0 Å². The molecule has 0 amide bonds. The van der Waals surface area contributed by atoms with Gasteiger partial charge in [-0.15, -0.1) is 10.2 Å². The summed E-state index contributed by atoms with van der Waals surface area (Å²) in [5, 5.41) is 15.8. The second kappa shape index (κ2) is 8.52. The molecule has 1 fully saturated rings. The quantitative estimate of drug-likeness (QED) is 0.235. The lowest BCUT2D eigenvalue weighted by atomic mass is 9.96. The normalized spacial score (nSPS) is 14.3. The summed E-state index contributed by atoms with van der Waals surface area (Å²) in [6.07, 6.45) is 1.90. The molecule has 0 radical (unpaired) electrons. The van der Waals surface area contributed by atoms with Gasteiger partial charge in [0.25, 0.3) is 5.89 Å². The lowest BCUT2D eigenvalue weighted by molar-refractivity contribution is 0.470. The highest BCUT2D eigenvalue weighted by Crippen LogP contribution is 2.53. The molecule has 5 nitrogen and oxygen atoms in total.